The first-order valence-corrected chi connectivity index (χ1v) is 7.92. The van der Waals surface area contributed by atoms with Crippen LogP contribution in [0.5, 0.6) is 5.75 Å². The molecule has 1 atom stereocenters. The number of benzene rings is 2. The zero-order valence-corrected chi connectivity index (χ0v) is 13.4. The van der Waals surface area contributed by atoms with E-state index in [0.29, 0.717) is 6.61 Å². The highest BCUT2D eigenvalue weighted by Crippen LogP contribution is 2.22. The van der Waals surface area contributed by atoms with Gasteiger partial charge in [-0.15, -0.1) is 0 Å². The Bertz CT molecular complexity index is 682. The molecule has 4 heteroatoms. The Morgan fingerprint density at radius 3 is 2.61 bits per heavy atom. The number of primary amides is 1. The molecule has 0 radical (unpaired) electrons. The lowest BCUT2D eigenvalue weighted by molar-refractivity contribution is -0.127. The van der Waals surface area contributed by atoms with Gasteiger partial charge in [-0.1, -0.05) is 42.0 Å². The Balaban J connectivity index is 1.54. The van der Waals surface area contributed by atoms with Crippen molar-refractivity contribution in [2.45, 2.75) is 32.5 Å². The molecule has 2 aromatic rings. The summed E-state index contributed by atoms with van der Waals surface area (Å²) in [4.78, 5) is 13.3. The number of hydrogen-bond acceptors (Lipinski definition) is 3. The first-order valence-electron chi connectivity index (χ1n) is 7.92. The number of likely N-dealkylation sites (tertiary alicyclic amines) is 1. The molecule has 0 spiro atoms. The predicted molar refractivity (Wildman–Crippen MR) is 90.0 cm³/mol. The second kappa shape index (κ2) is 6.84. The fourth-order valence-corrected chi connectivity index (χ4v) is 2.85. The number of ether oxygens (including phenoxy) is 1. The van der Waals surface area contributed by atoms with Crippen molar-refractivity contribution in [1.82, 2.24) is 4.90 Å². The van der Waals surface area contributed by atoms with Gasteiger partial charge in [0.05, 0.1) is 6.04 Å². The van der Waals surface area contributed by atoms with Crippen molar-refractivity contribution >= 4 is 5.91 Å². The minimum absolute atomic E-state index is 0.104. The van der Waals surface area contributed by atoms with Gasteiger partial charge in [-0.25, -0.2) is 0 Å². The zero-order valence-electron chi connectivity index (χ0n) is 13.4. The highest BCUT2D eigenvalue weighted by molar-refractivity contribution is 5.80. The van der Waals surface area contributed by atoms with Gasteiger partial charge in [-0.2, -0.15) is 0 Å². The van der Waals surface area contributed by atoms with E-state index in [9.17, 15) is 4.79 Å². The molecule has 2 N–H and O–H groups in total. The fraction of sp³-hybridized carbons (Fsp3) is 0.316. The van der Waals surface area contributed by atoms with Crippen LogP contribution in [0.25, 0.3) is 0 Å². The van der Waals surface area contributed by atoms with E-state index in [1.165, 1.54) is 16.7 Å². The van der Waals surface area contributed by atoms with Crippen molar-refractivity contribution in [3.05, 3.63) is 65.2 Å². The molecule has 0 aliphatic carbocycles. The van der Waals surface area contributed by atoms with E-state index in [1.54, 1.807) is 0 Å². The molecule has 1 fully saturated rings. The Kier molecular flexibility index (Phi) is 4.63. The molecule has 1 aliphatic rings. The lowest BCUT2D eigenvalue weighted by Gasteiger charge is -2.38. The number of nitrogens with zero attached hydrogens (tertiary/aromatic N) is 1. The Labute approximate surface area is 136 Å². The molecule has 1 aliphatic heterocycles. The number of carbonyl (C=O) groups is 1. The SMILES string of the molecule is Cc1cccc(COc2ccc(CN3CCC3C(N)=O)cc2)c1. The number of aryl methyl sites for hydroxylation is 1. The van der Waals surface area contributed by atoms with Crippen LogP contribution in [0.1, 0.15) is 23.1 Å². The molecule has 0 bridgehead atoms. The zero-order chi connectivity index (χ0) is 16.2. The molecule has 1 unspecified atom stereocenters. The highest BCUT2D eigenvalue weighted by Gasteiger charge is 2.32. The van der Waals surface area contributed by atoms with Crippen LogP contribution in [0.2, 0.25) is 0 Å². The second-order valence-corrected chi connectivity index (χ2v) is 6.10. The molecule has 1 amide bonds. The van der Waals surface area contributed by atoms with Crippen molar-refractivity contribution in [2.75, 3.05) is 6.54 Å². The summed E-state index contributed by atoms with van der Waals surface area (Å²) in [5, 5.41) is 0. The smallest absolute Gasteiger partial charge is 0.234 e. The van der Waals surface area contributed by atoms with Crippen molar-refractivity contribution in [1.29, 1.82) is 0 Å². The largest absolute Gasteiger partial charge is 0.489 e. The van der Waals surface area contributed by atoms with Crippen molar-refractivity contribution in [2.24, 2.45) is 5.73 Å². The van der Waals surface area contributed by atoms with Crippen LogP contribution in [-0.2, 0) is 17.9 Å². The maximum atomic E-state index is 11.2. The van der Waals surface area contributed by atoms with Gasteiger partial charge in [0.1, 0.15) is 12.4 Å². The maximum absolute atomic E-state index is 11.2. The summed E-state index contributed by atoms with van der Waals surface area (Å²) >= 11 is 0. The third kappa shape index (κ3) is 3.90. The molecule has 3 rings (SSSR count). The van der Waals surface area contributed by atoms with Crippen LogP contribution in [0.4, 0.5) is 0 Å². The highest BCUT2D eigenvalue weighted by atomic mass is 16.5. The number of carbonyl (C=O) groups excluding carboxylic acids is 1. The Morgan fingerprint density at radius 1 is 1.22 bits per heavy atom. The van der Waals surface area contributed by atoms with Gasteiger partial charge in [-0.3, -0.25) is 9.69 Å². The van der Waals surface area contributed by atoms with Gasteiger partial charge in [0.15, 0.2) is 0 Å². The average Bonchev–Trinajstić information content (AvgIpc) is 2.50. The summed E-state index contributed by atoms with van der Waals surface area (Å²) in [5.74, 6) is 0.625. The number of hydrogen-bond donors (Lipinski definition) is 1. The second-order valence-electron chi connectivity index (χ2n) is 6.10. The minimum Gasteiger partial charge on any atom is -0.489 e. The van der Waals surface area contributed by atoms with E-state index in [4.69, 9.17) is 10.5 Å². The first-order chi connectivity index (χ1) is 11.1. The van der Waals surface area contributed by atoms with Crippen molar-refractivity contribution < 1.29 is 9.53 Å². The minimum atomic E-state index is -0.227. The van der Waals surface area contributed by atoms with Gasteiger partial charge in [0, 0.05) is 13.1 Å². The molecule has 120 valence electrons. The summed E-state index contributed by atoms with van der Waals surface area (Å²) in [6, 6.07) is 16.2. The first kappa shape index (κ1) is 15.6. The van der Waals surface area contributed by atoms with E-state index in [2.05, 4.69) is 30.0 Å². The molecular weight excluding hydrogens is 288 g/mol. The normalized spacial score (nSPS) is 17.5. The van der Waals surface area contributed by atoms with Crippen LogP contribution < -0.4 is 10.5 Å². The number of amides is 1. The van der Waals surface area contributed by atoms with Gasteiger partial charge in [0.2, 0.25) is 5.91 Å². The lowest BCUT2D eigenvalue weighted by Crippen LogP contribution is -2.54. The van der Waals surface area contributed by atoms with Crippen LogP contribution in [-0.4, -0.2) is 23.4 Å². The van der Waals surface area contributed by atoms with E-state index in [1.807, 2.05) is 30.3 Å². The van der Waals surface area contributed by atoms with Crippen LogP contribution in [0, 0.1) is 6.92 Å². The predicted octanol–water partition coefficient (Wildman–Crippen LogP) is 2.63. The molecule has 0 aromatic heterocycles. The van der Waals surface area contributed by atoms with E-state index in [0.717, 1.165) is 25.3 Å². The van der Waals surface area contributed by atoms with Gasteiger partial charge in [0.25, 0.3) is 0 Å². The van der Waals surface area contributed by atoms with E-state index < -0.39 is 0 Å². The maximum Gasteiger partial charge on any atom is 0.234 e. The van der Waals surface area contributed by atoms with Crippen LogP contribution in [0.3, 0.4) is 0 Å². The Hall–Kier alpha value is -2.33. The summed E-state index contributed by atoms with van der Waals surface area (Å²) in [7, 11) is 0. The fourth-order valence-electron chi connectivity index (χ4n) is 2.85. The molecule has 1 saturated heterocycles. The Morgan fingerprint density at radius 2 is 2.00 bits per heavy atom. The molecule has 0 saturated carbocycles. The monoisotopic (exact) mass is 310 g/mol. The third-order valence-electron chi connectivity index (χ3n) is 4.26. The van der Waals surface area contributed by atoms with E-state index >= 15 is 0 Å². The quantitative estimate of drug-likeness (QED) is 0.892. The molecular formula is C19H22N2O2. The molecule has 2 aromatic carbocycles. The standard InChI is InChI=1S/C19H22N2O2/c1-14-3-2-4-16(11-14)13-23-17-7-5-15(6-8-17)12-21-10-9-18(21)19(20)22/h2-8,11,18H,9-10,12-13H2,1H3,(H2,20,22). The number of rotatable bonds is 6. The third-order valence-corrected chi connectivity index (χ3v) is 4.26. The van der Waals surface area contributed by atoms with Gasteiger partial charge in [-0.05, 0) is 36.6 Å². The van der Waals surface area contributed by atoms with Crippen molar-refractivity contribution in [3.63, 3.8) is 0 Å². The summed E-state index contributed by atoms with van der Waals surface area (Å²) in [6.07, 6.45) is 0.868. The average molecular weight is 310 g/mol. The lowest BCUT2D eigenvalue weighted by atomic mass is 10.0. The number of nitrogens with two attached hydrogens (primary N) is 1. The van der Waals surface area contributed by atoms with Crippen LogP contribution >= 0.6 is 0 Å². The van der Waals surface area contributed by atoms with Gasteiger partial charge < -0.3 is 10.5 Å². The molecule has 1 heterocycles. The van der Waals surface area contributed by atoms with Crippen molar-refractivity contribution in [3.8, 4) is 5.75 Å². The molecule has 4 nitrogen and oxygen atoms in total. The van der Waals surface area contributed by atoms with Gasteiger partial charge >= 0.3 is 0 Å². The summed E-state index contributed by atoms with van der Waals surface area (Å²) < 4.78 is 5.82. The molecule has 23 heavy (non-hydrogen) atoms. The van der Waals surface area contributed by atoms with E-state index in [-0.39, 0.29) is 11.9 Å². The summed E-state index contributed by atoms with van der Waals surface area (Å²) in [5.41, 5.74) is 8.94. The van der Waals surface area contributed by atoms with Crippen LogP contribution in [0.15, 0.2) is 48.5 Å². The summed E-state index contributed by atoms with van der Waals surface area (Å²) in [6.45, 7) is 4.33. The topological polar surface area (TPSA) is 55.6 Å².